The topological polar surface area (TPSA) is 67.4 Å². The maximum atomic E-state index is 12.3. The Hall–Kier alpha value is -1.11. The Morgan fingerprint density at radius 2 is 2.10 bits per heavy atom. The normalized spacial score (nSPS) is 15.7. The van der Waals surface area contributed by atoms with Gasteiger partial charge in [-0.1, -0.05) is 6.42 Å². The fraction of sp³-hybridized carbons (Fsp3) is 0.600. The van der Waals surface area contributed by atoms with Crippen LogP contribution in [0, 0.1) is 5.92 Å². The molecular weight excluding hydrogens is 288 g/mol. The fourth-order valence-corrected chi connectivity index (χ4v) is 3.52. The summed E-state index contributed by atoms with van der Waals surface area (Å²) in [6.07, 6.45) is 3.45. The van der Waals surface area contributed by atoms with Gasteiger partial charge in [0.1, 0.15) is 5.75 Å². The van der Waals surface area contributed by atoms with Crippen molar-refractivity contribution in [1.29, 1.82) is 0 Å². The van der Waals surface area contributed by atoms with Gasteiger partial charge >= 0.3 is 0 Å². The summed E-state index contributed by atoms with van der Waals surface area (Å²) in [5.41, 5.74) is 0.853. The van der Waals surface area contributed by atoms with Gasteiger partial charge in [-0.05, 0) is 50.9 Å². The van der Waals surface area contributed by atoms with Crippen molar-refractivity contribution in [3.63, 3.8) is 0 Å². The van der Waals surface area contributed by atoms with Crippen molar-refractivity contribution in [1.82, 2.24) is 10.0 Å². The van der Waals surface area contributed by atoms with Crippen LogP contribution >= 0.6 is 0 Å². The lowest BCUT2D eigenvalue weighted by Crippen LogP contribution is -2.32. The highest BCUT2D eigenvalue weighted by molar-refractivity contribution is 7.89. The van der Waals surface area contributed by atoms with Crippen molar-refractivity contribution < 1.29 is 13.2 Å². The smallest absolute Gasteiger partial charge is 0.240 e. The average molecular weight is 312 g/mol. The van der Waals surface area contributed by atoms with E-state index in [-0.39, 0.29) is 0 Å². The Kier molecular flexibility index (Phi) is 5.61. The molecule has 1 fully saturated rings. The first kappa shape index (κ1) is 16.3. The Morgan fingerprint density at radius 3 is 2.67 bits per heavy atom. The first-order chi connectivity index (χ1) is 10.1. The first-order valence-electron chi connectivity index (χ1n) is 7.46. The summed E-state index contributed by atoms with van der Waals surface area (Å²) in [7, 11) is -1.61. The van der Waals surface area contributed by atoms with Gasteiger partial charge in [0.05, 0.1) is 11.5 Å². The van der Waals surface area contributed by atoms with Crippen LogP contribution in [-0.2, 0) is 16.6 Å². The van der Waals surface area contributed by atoms with Gasteiger partial charge in [-0.3, -0.25) is 0 Å². The molecule has 5 nitrogen and oxygen atoms in total. The molecule has 1 aliphatic rings. The summed E-state index contributed by atoms with van der Waals surface area (Å²) in [5.74, 6) is 1.23. The molecule has 1 aromatic carbocycles. The summed E-state index contributed by atoms with van der Waals surface area (Å²) in [6, 6.07) is 5.02. The van der Waals surface area contributed by atoms with Crippen molar-refractivity contribution in [3.05, 3.63) is 23.8 Å². The molecule has 2 rings (SSSR count). The second-order valence-corrected chi connectivity index (χ2v) is 7.15. The molecule has 1 aromatic rings. The Labute approximate surface area is 127 Å². The molecule has 0 aliphatic heterocycles. The second-order valence-electron chi connectivity index (χ2n) is 5.38. The van der Waals surface area contributed by atoms with E-state index in [0.29, 0.717) is 30.5 Å². The predicted molar refractivity (Wildman–Crippen MR) is 82.9 cm³/mol. The van der Waals surface area contributed by atoms with E-state index in [1.807, 2.05) is 14.0 Å². The van der Waals surface area contributed by atoms with Crippen LogP contribution in [0.5, 0.6) is 5.75 Å². The van der Waals surface area contributed by atoms with E-state index < -0.39 is 10.0 Å². The van der Waals surface area contributed by atoms with E-state index in [2.05, 4.69) is 10.0 Å². The number of ether oxygens (including phenoxy) is 1. The van der Waals surface area contributed by atoms with Crippen LogP contribution in [-0.4, -0.2) is 28.6 Å². The summed E-state index contributed by atoms with van der Waals surface area (Å²) in [5, 5.41) is 3.03. The lowest BCUT2D eigenvalue weighted by Gasteiger charge is -2.25. The zero-order chi connectivity index (χ0) is 15.3. The molecule has 1 aliphatic carbocycles. The molecule has 2 N–H and O–H groups in total. The predicted octanol–water partition coefficient (Wildman–Crippen LogP) is 1.88. The number of rotatable bonds is 8. The third kappa shape index (κ3) is 4.18. The van der Waals surface area contributed by atoms with Crippen LogP contribution in [0.4, 0.5) is 0 Å². The molecule has 0 aromatic heterocycles. The highest BCUT2D eigenvalue weighted by Gasteiger charge is 2.22. The summed E-state index contributed by atoms with van der Waals surface area (Å²) in [6.45, 7) is 3.58. The van der Waals surface area contributed by atoms with Gasteiger partial charge in [0, 0.05) is 18.7 Å². The van der Waals surface area contributed by atoms with Crippen LogP contribution < -0.4 is 14.8 Å². The second kappa shape index (κ2) is 7.24. The SMILES string of the molecule is CCOc1ccc(S(=O)(=O)NCC2CCC2)cc1CNC. The fourth-order valence-electron chi connectivity index (χ4n) is 2.36. The van der Waals surface area contributed by atoms with Crippen LogP contribution in [0.3, 0.4) is 0 Å². The Bertz CT molecular complexity index is 568. The van der Waals surface area contributed by atoms with Gasteiger partial charge in [-0.2, -0.15) is 0 Å². The molecule has 0 spiro atoms. The lowest BCUT2D eigenvalue weighted by atomic mass is 9.86. The van der Waals surface area contributed by atoms with E-state index >= 15 is 0 Å². The number of nitrogens with one attached hydrogen (secondary N) is 2. The molecule has 118 valence electrons. The zero-order valence-corrected chi connectivity index (χ0v) is 13.5. The number of hydrogen-bond acceptors (Lipinski definition) is 4. The average Bonchev–Trinajstić information content (AvgIpc) is 2.39. The van der Waals surface area contributed by atoms with E-state index in [0.717, 1.165) is 24.2 Å². The van der Waals surface area contributed by atoms with Gasteiger partial charge in [0.25, 0.3) is 0 Å². The van der Waals surface area contributed by atoms with Gasteiger partial charge in [0.15, 0.2) is 0 Å². The van der Waals surface area contributed by atoms with Gasteiger partial charge in [0.2, 0.25) is 10.0 Å². The Balaban J connectivity index is 2.15. The minimum atomic E-state index is -3.44. The van der Waals surface area contributed by atoms with Crippen LogP contribution in [0.2, 0.25) is 0 Å². The van der Waals surface area contributed by atoms with E-state index in [9.17, 15) is 8.42 Å². The minimum Gasteiger partial charge on any atom is -0.494 e. The van der Waals surface area contributed by atoms with Crippen LogP contribution in [0.1, 0.15) is 31.7 Å². The van der Waals surface area contributed by atoms with Crippen molar-refractivity contribution in [2.75, 3.05) is 20.2 Å². The molecule has 0 radical (unpaired) electrons. The number of hydrogen-bond donors (Lipinski definition) is 2. The van der Waals surface area contributed by atoms with E-state index in [4.69, 9.17) is 4.74 Å². The van der Waals surface area contributed by atoms with Gasteiger partial charge in [-0.25, -0.2) is 13.1 Å². The van der Waals surface area contributed by atoms with Gasteiger partial charge in [-0.15, -0.1) is 0 Å². The summed E-state index contributed by atoms with van der Waals surface area (Å²) in [4.78, 5) is 0.301. The summed E-state index contributed by atoms with van der Waals surface area (Å²) < 4.78 is 32.9. The standard InChI is InChI=1S/C15H24N2O3S/c1-3-20-15-8-7-14(9-13(15)11-16-2)21(18,19)17-10-12-5-4-6-12/h7-9,12,16-17H,3-6,10-11H2,1-2H3. The highest BCUT2D eigenvalue weighted by Crippen LogP contribution is 2.26. The van der Waals surface area contributed by atoms with Crippen molar-refractivity contribution in [2.24, 2.45) is 5.92 Å². The third-order valence-electron chi connectivity index (χ3n) is 3.80. The first-order valence-corrected chi connectivity index (χ1v) is 8.95. The number of sulfonamides is 1. The molecule has 0 saturated heterocycles. The molecular formula is C15H24N2O3S. The number of benzene rings is 1. The Morgan fingerprint density at radius 1 is 1.33 bits per heavy atom. The van der Waals surface area contributed by atoms with Crippen molar-refractivity contribution in [2.45, 2.75) is 37.6 Å². The largest absolute Gasteiger partial charge is 0.494 e. The molecule has 0 unspecified atom stereocenters. The molecule has 21 heavy (non-hydrogen) atoms. The quantitative estimate of drug-likeness (QED) is 0.769. The third-order valence-corrected chi connectivity index (χ3v) is 5.22. The molecule has 0 bridgehead atoms. The zero-order valence-electron chi connectivity index (χ0n) is 12.7. The van der Waals surface area contributed by atoms with Crippen LogP contribution in [0.25, 0.3) is 0 Å². The summed E-state index contributed by atoms with van der Waals surface area (Å²) >= 11 is 0. The minimum absolute atomic E-state index is 0.301. The molecule has 0 atom stereocenters. The van der Waals surface area contributed by atoms with Crippen molar-refractivity contribution >= 4 is 10.0 Å². The molecule has 6 heteroatoms. The highest BCUT2D eigenvalue weighted by atomic mass is 32.2. The maximum absolute atomic E-state index is 12.3. The van der Waals surface area contributed by atoms with Gasteiger partial charge < -0.3 is 10.1 Å². The van der Waals surface area contributed by atoms with E-state index in [1.165, 1.54) is 6.42 Å². The molecule has 0 heterocycles. The van der Waals surface area contributed by atoms with E-state index in [1.54, 1.807) is 18.2 Å². The lowest BCUT2D eigenvalue weighted by molar-refractivity contribution is 0.316. The maximum Gasteiger partial charge on any atom is 0.240 e. The monoisotopic (exact) mass is 312 g/mol. The molecule has 1 saturated carbocycles. The van der Waals surface area contributed by atoms with Crippen LogP contribution in [0.15, 0.2) is 23.1 Å². The van der Waals surface area contributed by atoms with Crippen molar-refractivity contribution in [3.8, 4) is 5.75 Å². The molecule has 0 amide bonds.